The minimum atomic E-state index is 0.324. The molecule has 6 heteroatoms. The topological polar surface area (TPSA) is 77.0 Å². The van der Waals surface area contributed by atoms with Crippen molar-refractivity contribution in [3.05, 3.63) is 34.7 Å². The smallest absolute Gasteiger partial charge is 0.320 e. The van der Waals surface area contributed by atoms with Crippen LogP contribution < -0.4 is 11.1 Å². The highest BCUT2D eigenvalue weighted by Crippen LogP contribution is 2.28. The van der Waals surface area contributed by atoms with Crippen molar-refractivity contribution in [2.75, 3.05) is 11.9 Å². The number of aryl methyl sites for hydroxylation is 1. The Kier molecular flexibility index (Phi) is 3.61. The predicted molar refractivity (Wildman–Crippen MR) is 66.5 cm³/mol. The van der Waals surface area contributed by atoms with Gasteiger partial charge in [0.1, 0.15) is 0 Å². The van der Waals surface area contributed by atoms with Crippen LogP contribution in [0.2, 0.25) is 5.02 Å². The third-order valence-corrected chi connectivity index (χ3v) is 2.59. The molecule has 2 aromatic rings. The van der Waals surface area contributed by atoms with E-state index in [2.05, 4.69) is 15.5 Å². The molecule has 1 heterocycles. The van der Waals surface area contributed by atoms with E-state index >= 15 is 0 Å². The lowest BCUT2D eigenvalue weighted by Gasteiger charge is -2.07. The number of nitrogens with one attached hydrogen (secondary N) is 1. The first-order chi connectivity index (χ1) is 8.20. The van der Waals surface area contributed by atoms with E-state index in [1.807, 2.05) is 19.1 Å². The minimum Gasteiger partial charge on any atom is -0.408 e. The summed E-state index contributed by atoms with van der Waals surface area (Å²) in [5, 5.41) is 11.4. The summed E-state index contributed by atoms with van der Waals surface area (Å²) >= 11 is 6.08. The van der Waals surface area contributed by atoms with Gasteiger partial charge in [0.05, 0.1) is 10.7 Å². The van der Waals surface area contributed by atoms with E-state index in [0.717, 1.165) is 11.3 Å². The van der Waals surface area contributed by atoms with Crippen LogP contribution in [0.1, 0.15) is 11.5 Å². The Bertz CT molecular complexity index is 492. The Labute approximate surface area is 104 Å². The third-order valence-electron chi connectivity index (χ3n) is 2.28. The molecule has 1 aromatic heterocycles. The number of benzene rings is 1. The van der Waals surface area contributed by atoms with Gasteiger partial charge in [-0.2, -0.15) is 0 Å². The van der Waals surface area contributed by atoms with Crippen molar-refractivity contribution in [2.45, 2.75) is 13.3 Å². The zero-order valence-corrected chi connectivity index (χ0v) is 10.2. The Morgan fingerprint density at radius 3 is 2.94 bits per heavy atom. The molecule has 0 saturated heterocycles. The van der Waals surface area contributed by atoms with Crippen LogP contribution in [0.3, 0.4) is 0 Å². The monoisotopic (exact) mass is 252 g/mol. The molecule has 0 amide bonds. The van der Waals surface area contributed by atoms with Crippen LogP contribution in [0.4, 0.5) is 11.7 Å². The van der Waals surface area contributed by atoms with Gasteiger partial charge < -0.3 is 15.5 Å². The first-order valence-electron chi connectivity index (χ1n) is 5.25. The number of halogens is 1. The van der Waals surface area contributed by atoms with Crippen LogP contribution in [0, 0.1) is 6.92 Å². The number of nitrogens with two attached hydrogens (primary N) is 1. The van der Waals surface area contributed by atoms with Crippen LogP contribution in [0.5, 0.6) is 0 Å². The second-order valence-electron chi connectivity index (χ2n) is 3.60. The van der Waals surface area contributed by atoms with Crippen LogP contribution >= 0.6 is 11.6 Å². The molecule has 17 heavy (non-hydrogen) atoms. The maximum atomic E-state index is 6.08. The Balaban J connectivity index is 2.19. The lowest BCUT2D eigenvalue weighted by atomic mass is 10.2. The molecule has 0 atom stereocenters. The molecule has 1 aromatic carbocycles. The molecule has 0 aliphatic rings. The summed E-state index contributed by atoms with van der Waals surface area (Å²) in [6.45, 7) is 2.43. The molecule has 0 unspecified atom stereocenters. The van der Waals surface area contributed by atoms with Gasteiger partial charge in [-0.3, -0.25) is 0 Å². The van der Waals surface area contributed by atoms with E-state index < -0.39 is 0 Å². The first kappa shape index (κ1) is 11.9. The average Bonchev–Trinajstić information content (AvgIpc) is 2.72. The zero-order valence-electron chi connectivity index (χ0n) is 9.40. The summed E-state index contributed by atoms with van der Waals surface area (Å²) < 4.78 is 5.37. The van der Waals surface area contributed by atoms with Gasteiger partial charge in [-0.1, -0.05) is 28.8 Å². The second-order valence-corrected chi connectivity index (χ2v) is 4.00. The van der Waals surface area contributed by atoms with Crippen molar-refractivity contribution in [2.24, 2.45) is 5.73 Å². The summed E-state index contributed by atoms with van der Waals surface area (Å²) in [5.74, 6) is 0.514. The number of hydrogen-bond acceptors (Lipinski definition) is 5. The number of hydrogen-bond donors (Lipinski definition) is 2. The molecule has 90 valence electrons. The highest BCUT2D eigenvalue weighted by atomic mass is 35.5. The van der Waals surface area contributed by atoms with Gasteiger partial charge >= 0.3 is 6.01 Å². The zero-order chi connectivity index (χ0) is 12.3. The van der Waals surface area contributed by atoms with Gasteiger partial charge in [0.25, 0.3) is 0 Å². The Morgan fingerprint density at radius 1 is 1.41 bits per heavy atom. The largest absolute Gasteiger partial charge is 0.408 e. The van der Waals surface area contributed by atoms with E-state index in [0.29, 0.717) is 29.9 Å². The van der Waals surface area contributed by atoms with Gasteiger partial charge in [0, 0.05) is 13.0 Å². The van der Waals surface area contributed by atoms with Crippen molar-refractivity contribution < 1.29 is 4.42 Å². The number of nitrogens with zero attached hydrogens (tertiary/aromatic N) is 2. The van der Waals surface area contributed by atoms with E-state index in [4.69, 9.17) is 21.8 Å². The van der Waals surface area contributed by atoms with Crippen molar-refractivity contribution in [1.82, 2.24) is 10.2 Å². The number of para-hydroxylation sites is 1. The van der Waals surface area contributed by atoms with Gasteiger partial charge in [0.15, 0.2) is 0 Å². The Hall–Kier alpha value is -1.59. The average molecular weight is 253 g/mol. The molecule has 0 spiro atoms. The van der Waals surface area contributed by atoms with Gasteiger partial charge in [-0.25, -0.2) is 0 Å². The summed E-state index contributed by atoms with van der Waals surface area (Å²) in [7, 11) is 0. The molecule has 0 saturated carbocycles. The van der Waals surface area contributed by atoms with Crippen LogP contribution in [-0.2, 0) is 6.42 Å². The molecule has 0 radical (unpaired) electrons. The van der Waals surface area contributed by atoms with E-state index in [9.17, 15) is 0 Å². The fraction of sp³-hybridized carbons (Fsp3) is 0.273. The lowest BCUT2D eigenvalue weighted by Crippen LogP contribution is -2.02. The molecule has 5 nitrogen and oxygen atoms in total. The van der Waals surface area contributed by atoms with Gasteiger partial charge in [-0.15, -0.1) is 5.10 Å². The fourth-order valence-electron chi connectivity index (χ4n) is 1.43. The van der Waals surface area contributed by atoms with Crippen molar-refractivity contribution >= 4 is 23.3 Å². The van der Waals surface area contributed by atoms with Crippen LogP contribution in [0.15, 0.2) is 22.6 Å². The third kappa shape index (κ3) is 2.75. The first-order valence-corrected chi connectivity index (χ1v) is 5.63. The normalized spacial score (nSPS) is 10.5. The highest BCUT2D eigenvalue weighted by molar-refractivity contribution is 6.33. The van der Waals surface area contributed by atoms with Crippen molar-refractivity contribution in [1.29, 1.82) is 0 Å². The predicted octanol–water partition coefficient (Wildman–Crippen LogP) is 2.28. The number of aromatic nitrogens is 2. The standard InChI is InChI=1S/C11H13ClN4O/c1-7-3-2-4-8(12)10(7)14-11-16-15-9(17-11)5-6-13/h2-4H,5-6,13H2,1H3,(H,14,16). The van der Waals surface area contributed by atoms with Crippen LogP contribution in [-0.4, -0.2) is 16.7 Å². The summed E-state index contributed by atoms with van der Waals surface area (Å²) in [4.78, 5) is 0. The molecule has 3 N–H and O–H groups in total. The molecular formula is C11H13ClN4O. The van der Waals surface area contributed by atoms with Gasteiger partial charge in [-0.05, 0) is 18.6 Å². The maximum Gasteiger partial charge on any atom is 0.320 e. The fourth-order valence-corrected chi connectivity index (χ4v) is 1.69. The maximum absolute atomic E-state index is 6.08. The number of rotatable bonds is 4. The lowest BCUT2D eigenvalue weighted by molar-refractivity contribution is 0.510. The SMILES string of the molecule is Cc1cccc(Cl)c1Nc1nnc(CCN)o1. The van der Waals surface area contributed by atoms with Crippen molar-refractivity contribution in [3.63, 3.8) is 0 Å². The molecule has 0 aliphatic carbocycles. The molecule has 0 aliphatic heterocycles. The van der Waals surface area contributed by atoms with Crippen molar-refractivity contribution in [3.8, 4) is 0 Å². The van der Waals surface area contributed by atoms with Crippen LogP contribution in [0.25, 0.3) is 0 Å². The molecule has 0 fully saturated rings. The molecule has 2 rings (SSSR count). The Morgan fingerprint density at radius 2 is 2.24 bits per heavy atom. The summed E-state index contributed by atoms with van der Waals surface area (Å²) in [5.41, 5.74) is 7.19. The molecular weight excluding hydrogens is 240 g/mol. The van der Waals surface area contributed by atoms with E-state index in [-0.39, 0.29) is 0 Å². The second kappa shape index (κ2) is 5.16. The summed E-state index contributed by atoms with van der Waals surface area (Å²) in [6.07, 6.45) is 0.566. The van der Waals surface area contributed by atoms with Gasteiger partial charge in [0.2, 0.25) is 5.89 Å². The molecule has 0 bridgehead atoms. The quantitative estimate of drug-likeness (QED) is 0.873. The minimum absolute atomic E-state index is 0.324. The van der Waals surface area contributed by atoms with E-state index in [1.54, 1.807) is 6.07 Å². The number of anilines is 2. The summed E-state index contributed by atoms with van der Waals surface area (Å²) in [6, 6.07) is 5.96. The van der Waals surface area contributed by atoms with E-state index in [1.165, 1.54) is 0 Å². The highest BCUT2D eigenvalue weighted by Gasteiger charge is 2.09.